The zero-order valence-electron chi connectivity index (χ0n) is 15.7. The second-order valence-corrected chi connectivity index (χ2v) is 10.1. The lowest BCUT2D eigenvalue weighted by atomic mass is 10.0. The molecule has 148 valence electrons. The van der Waals surface area contributed by atoms with Gasteiger partial charge in [0.1, 0.15) is 12.1 Å². The molecule has 0 spiro atoms. The van der Waals surface area contributed by atoms with E-state index < -0.39 is 9.84 Å². The maximum absolute atomic E-state index is 11.9. The Morgan fingerprint density at radius 1 is 1.07 bits per heavy atom. The monoisotopic (exact) mass is 400 g/mol. The Kier molecular flexibility index (Phi) is 4.41. The van der Waals surface area contributed by atoms with Gasteiger partial charge in [-0.25, -0.2) is 18.4 Å². The van der Waals surface area contributed by atoms with Gasteiger partial charge in [0.25, 0.3) is 0 Å². The lowest BCUT2D eigenvalue weighted by Gasteiger charge is -2.39. The standard InChI is InChI=1S/C19H24N6O2S/c26-28(27)10-6-17-14(12-28)11-19(23-22-17)24-8-4-16(5-9-24)25(15-1-2-15)18-3-7-20-13-21-18/h3,7,11,13,15-16H,1-2,4-6,8-10,12H2. The van der Waals surface area contributed by atoms with E-state index in [-0.39, 0.29) is 11.5 Å². The summed E-state index contributed by atoms with van der Waals surface area (Å²) in [7, 11) is -3.00. The zero-order chi connectivity index (χ0) is 19.1. The average molecular weight is 401 g/mol. The summed E-state index contributed by atoms with van der Waals surface area (Å²) in [4.78, 5) is 13.2. The zero-order valence-corrected chi connectivity index (χ0v) is 16.6. The number of fused-ring (bicyclic) bond motifs is 1. The van der Waals surface area contributed by atoms with Crippen LogP contribution in [0.4, 0.5) is 11.6 Å². The van der Waals surface area contributed by atoms with Crippen molar-refractivity contribution in [3.63, 3.8) is 0 Å². The molecule has 1 saturated heterocycles. The molecule has 1 saturated carbocycles. The SMILES string of the molecule is O=S1(=O)CCc2nnc(N3CCC(N(c4ccncn4)C4CC4)CC3)cc2C1. The van der Waals surface area contributed by atoms with Crippen LogP contribution in [0.5, 0.6) is 0 Å². The predicted octanol–water partition coefficient (Wildman–Crippen LogP) is 1.38. The van der Waals surface area contributed by atoms with Gasteiger partial charge in [0, 0.05) is 37.8 Å². The molecular formula is C19H24N6O2S. The maximum atomic E-state index is 11.9. The highest BCUT2D eigenvalue weighted by Crippen LogP contribution is 2.35. The van der Waals surface area contributed by atoms with Crippen LogP contribution in [0.3, 0.4) is 0 Å². The molecule has 4 heterocycles. The molecular weight excluding hydrogens is 376 g/mol. The molecule has 28 heavy (non-hydrogen) atoms. The van der Waals surface area contributed by atoms with Crippen LogP contribution < -0.4 is 9.80 Å². The van der Waals surface area contributed by atoms with Crippen molar-refractivity contribution in [2.75, 3.05) is 28.6 Å². The molecule has 9 heteroatoms. The third kappa shape index (κ3) is 3.55. The Morgan fingerprint density at radius 2 is 1.86 bits per heavy atom. The fourth-order valence-corrected chi connectivity index (χ4v) is 5.70. The number of anilines is 2. The molecule has 2 aliphatic heterocycles. The molecule has 0 radical (unpaired) electrons. The maximum Gasteiger partial charge on any atom is 0.154 e. The van der Waals surface area contributed by atoms with Crippen LogP contribution in [-0.4, -0.2) is 59.5 Å². The number of aryl methyl sites for hydroxylation is 1. The average Bonchev–Trinajstić information content (AvgIpc) is 3.53. The number of sulfone groups is 1. The molecule has 8 nitrogen and oxygen atoms in total. The van der Waals surface area contributed by atoms with Gasteiger partial charge < -0.3 is 9.80 Å². The van der Waals surface area contributed by atoms with Crippen LogP contribution in [0.2, 0.25) is 0 Å². The lowest BCUT2D eigenvalue weighted by molar-refractivity contribution is 0.456. The summed E-state index contributed by atoms with van der Waals surface area (Å²) in [6.07, 6.45) is 8.42. The number of hydrogen-bond acceptors (Lipinski definition) is 8. The van der Waals surface area contributed by atoms with Crippen LogP contribution in [-0.2, 0) is 22.0 Å². The molecule has 0 unspecified atom stereocenters. The molecule has 0 bridgehead atoms. The Morgan fingerprint density at radius 3 is 2.57 bits per heavy atom. The minimum atomic E-state index is -3.00. The molecule has 2 aromatic heterocycles. The van der Waals surface area contributed by atoms with Gasteiger partial charge >= 0.3 is 0 Å². The van der Waals surface area contributed by atoms with Gasteiger partial charge in [0.15, 0.2) is 15.7 Å². The van der Waals surface area contributed by atoms with Crippen LogP contribution >= 0.6 is 0 Å². The van der Waals surface area contributed by atoms with Crippen LogP contribution in [0, 0.1) is 0 Å². The Bertz CT molecular complexity index is 956. The van der Waals surface area contributed by atoms with E-state index in [2.05, 4.69) is 30.0 Å². The largest absolute Gasteiger partial charge is 0.355 e. The van der Waals surface area contributed by atoms with Gasteiger partial charge in [-0.15, -0.1) is 5.10 Å². The van der Waals surface area contributed by atoms with E-state index in [1.165, 1.54) is 12.8 Å². The summed E-state index contributed by atoms with van der Waals surface area (Å²) in [5.41, 5.74) is 1.65. The summed E-state index contributed by atoms with van der Waals surface area (Å²) in [6.45, 7) is 1.78. The van der Waals surface area contributed by atoms with Gasteiger partial charge in [-0.2, -0.15) is 5.10 Å². The summed E-state index contributed by atoms with van der Waals surface area (Å²) in [6, 6.07) is 4.99. The van der Waals surface area contributed by atoms with Crippen molar-refractivity contribution in [3.05, 3.63) is 35.9 Å². The molecule has 3 aliphatic rings. The van der Waals surface area contributed by atoms with E-state index >= 15 is 0 Å². The van der Waals surface area contributed by atoms with E-state index in [0.29, 0.717) is 18.5 Å². The fraction of sp³-hybridized carbons (Fsp3) is 0.579. The lowest BCUT2D eigenvalue weighted by Crippen LogP contribution is -2.46. The molecule has 2 aromatic rings. The van der Waals surface area contributed by atoms with Crippen molar-refractivity contribution in [3.8, 4) is 0 Å². The molecule has 0 amide bonds. The Hall–Kier alpha value is -2.29. The van der Waals surface area contributed by atoms with Gasteiger partial charge in [-0.05, 0) is 43.4 Å². The van der Waals surface area contributed by atoms with Gasteiger partial charge in [-0.1, -0.05) is 0 Å². The Labute approximate surface area is 164 Å². The van der Waals surface area contributed by atoms with Crippen LogP contribution in [0.15, 0.2) is 24.7 Å². The second kappa shape index (κ2) is 6.95. The second-order valence-electron chi connectivity index (χ2n) is 7.94. The molecule has 5 rings (SSSR count). The third-order valence-electron chi connectivity index (χ3n) is 5.93. The highest BCUT2D eigenvalue weighted by atomic mass is 32.2. The fourth-order valence-electron chi connectivity index (χ4n) is 4.33. The smallest absolute Gasteiger partial charge is 0.154 e. The van der Waals surface area contributed by atoms with Gasteiger partial charge in [-0.3, -0.25) is 0 Å². The summed E-state index contributed by atoms with van der Waals surface area (Å²) < 4.78 is 23.9. The van der Waals surface area contributed by atoms with Crippen molar-refractivity contribution < 1.29 is 8.42 Å². The number of hydrogen-bond donors (Lipinski definition) is 0. The Balaban J connectivity index is 1.30. The normalized spacial score (nSPS) is 21.9. The van der Waals surface area contributed by atoms with Crippen molar-refractivity contribution in [1.29, 1.82) is 0 Å². The first-order valence-corrected chi connectivity index (χ1v) is 11.8. The highest BCUT2D eigenvalue weighted by molar-refractivity contribution is 7.90. The van der Waals surface area contributed by atoms with E-state index in [4.69, 9.17) is 0 Å². The van der Waals surface area contributed by atoms with Gasteiger partial charge in [0.05, 0.1) is 17.2 Å². The quantitative estimate of drug-likeness (QED) is 0.760. The van der Waals surface area contributed by atoms with Crippen molar-refractivity contribution in [1.82, 2.24) is 20.2 Å². The molecule has 1 aliphatic carbocycles. The van der Waals surface area contributed by atoms with Crippen LogP contribution in [0.25, 0.3) is 0 Å². The van der Waals surface area contributed by atoms with Crippen molar-refractivity contribution >= 4 is 21.5 Å². The number of nitrogens with zero attached hydrogens (tertiary/aromatic N) is 6. The molecule has 0 aromatic carbocycles. The van der Waals surface area contributed by atoms with E-state index in [1.54, 1.807) is 6.33 Å². The predicted molar refractivity (Wildman–Crippen MR) is 106 cm³/mol. The topological polar surface area (TPSA) is 92.2 Å². The molecule has 0 N–H and O–H groups in total. The van der Waals surface area contributed by atoms with Crippen LogP contribution in [0.1, 0.15) is 36.9 Å². The van der Waals surface area contributed by atoms with Crippen molar-refractivity contribution in [2.24, 2.45) is 0 Å². The molecule has 2 fully saturated rings. The first-order valence-electron chi connectivity index (χ1n) is 9.94. The van der Waals surface area contributed by atoms with Crippen molar-refractivity contribution in [2.45, 2.75) is 49.9 Å². The summed E-state index contributed by atoms with van der Waals surface area (Å²) in [5.74, 6) is 2.09. The first kappa shape index (κ1) is 17.8. The van der Waals surface area contributed by atoms with E-state index in [9.17, 15) is 8.42 Å². The summed E-state index contributed by atoms with van der Waals surface area (Å²) >= 11 is 0. The minimum Gasteiger partial charge on any atom is -0.355 e. The minimum absolute atomic E-state index is 0.0878. The number of piperidine rings is 1. The molecule has 0 atom stereocenters. The highest BCUT2D eigenvalue weighted by Gasteiger charge is 2.36. The van der Waals surface area contributed by atoms with Gasteiger partial charge in [0.2, 0.25) is 0 Å². The number of rotatable bonds is 4. The summed E-state index contributed by atoms with van der Waals surface area (Å²) in [5, 5.41) is 8.70. The van der Waals surface area contributed by atoms with E-state index in [1.807, 2.05) is 18.3 Å². The number of aromatic nitrogens is 4. The third-order valence-corrected chi connectivity index (χ3v) is 7.50. The first-order chi connectivity index (χ1) is 13.6. The van der Waals surface area contributed by atoms with E-state index in [0.717, 1.165) is 48.8 Å².